The standard InChI is InChI=1S/C39H45FN4O5/c1-3-15-44(16-4-2)38(46)31-20-30(37(42)45)21-32(22-31)39(47)49-36(25-43-24-27-11-7-5-8-12-27)35(41)19-29-17-33(40)23-34(18-29)48-26-28-13-9-6-10-14-28/h5-14,17-18,20-23,35-36,43H,3-4,15-16,19,24-26,41H2,1-2H3,(H2,42,45). The highest BCUT2D eigenvalue weighted by atomic mass is 19.1. The monoisotopic (exact) mass is 668 g/mol. The minimum absolute atomic E-state index is 0.00444. The quantitative estimate of drug-likeness (QED) is 0.117. The molecule has 0 fully saturated rings. The molecule has 4 aromatic carbocycles. The van der Waals surface area contributed by atoms with Crippen LogP contribution in [0.1, 0.15) is 74.5 Å². The number of carbonyl (C=O) groups excluding carboxylic acids is 3. The van der Waals surface area contributed by atoms with Gasteiger partial charge in [-0.15, -0.1) is 0 Å². The highest BCUT2D eigenvalue weighted by molar-refractivity contribution is 6.03. The van der Waals surface area contributed by atoms with Crippen molar-refractivity contribution in [2.24, 2.45) is 11.5 Å². The predicted molar refractivity (Wildman–Crippen MR) is 188 cm³/mol. The molecule has 2 unspecified atom stereocenters. The van der Waals surface area contributed by atoms with E-state index in [1.165, 1.54) is 30.3 Å². The lowest BCUT2D eigenvalue weighted by Crippen LogP contribution is -2.46. The van der Waals surface area contributed by atoms with E-state index in [-0.39, 0.29) is 42.2 Å². The summed E-state index contributed by atoms with van der Waals surface area (Å²) in [5, 5.41) is 3.30. The summed E-state index contributed by atoms with van der Waals surface area (Å²) in [6, 6.07) is 27.0. The van der Waals surface area contributed by atoms with Crippen molar-refractivity contribution >= 4 is 17.8 Å². The summed E-state index contributed by atoms with van der Waals surface area (Å²) in [5.74, 6) is -2.00. The molecular formula is C39H45FN4O5. The number of amides is 2. The number of nitrogens with zero attached hydrogens (tertiary/aromatic N) is 1. The second-order valence-corrected chi connectivity index (χ2v) is 12.0. The Hall–Kier alpha value is -5.06. The summed E-state index contributed by atoms with van der Waals surface area (Å²) in [6.07, 6.45) is 0.787. The maximum absolute atomic E-state index is 14.7. The molecule has 49 heavy (non-hydrogen) atoms. The highest BCUT2D eigenvalue weighted by Crippen LogP contribution is 2.21. The number of nitrogens with one attached hydrogen (secondary N) is 1. The van der Waals surface area contributed by atoms with Crippen LogP contribution in [0.5, 0.6) is 5.75 Å². The predicted octanol–water partition coefficient (Wildman–Crippen LogP) is 5.65. The number of nitrogens with two attached hydrogens (primary N) is 2. The van der Waals surface area contributed by atoms with Gasteiger partial charge in [-0.2, -0.15) is 0 Å². The van der Waals surface area contributed by atoms with Gasteiger partial charge in [0.1, 0.15) is 24.3 Å². The van der Waals surface area contributed by atoms with Gasteiger partial charge in [0.2, 0.25) is 5.91 Å². The van der Waals surface area contributed by atoms with Crippen molar-refractivity contribution < 1.29 is 28.2 Å². The van der Waals surface area contributed by atoms with E-state index in [0.29, 0.717) is 30.9 Å². The van der Waals surface area contributed by atoms with Crippen molar-refractivity contribution in [2.75, 3.05) is 19.6 Å². The molecule has 258 valence electrons. The Kier molecular flexibility index (Phi) is 13.9. The lowest BCUT2D eigenvalue weighted by molar-refractivity contribution is 0.0238. The van der Waals surface area contributed by atoms with Gasteiger partial charge in [-0.3, -0.25) is 9.59 Å². The van der Waals surface area contributed by atoms with Crippen molar-refractivity contribution in [3.05, 3.63) is 136 Å². The number of esters is 1. The van der Waals surface area contributed by atoms with Crippen LogP contribution in [0.2, 0.25) is 0 Å². The molecule has 0 saturated carbocycles. The molecule has 0 saturated heterocycles. The van der Waals surface area contributed by atoms with Gasteiger partial charge < -0.3 is 31.2 Å². The maximum Gasteiger partial charge on any atom is 0.338 e. The third-order valence-corrected chi connectivity index (χ3v) is 7.88. The summed E-state index contributed by atoms with van der Waals surface area (Å²) in [6.45, 7) is 5.91. The number of rotatable bonds is 18. The van der Waals surface area contributed by atoms with E-state index in [4.69, 9.17) is 20.9 Å². The fourth-order valence-corrected chi connectivity index (χ4v) is 5.46. The molecular weight excluding hydrogens is 623 g/mol. The van der Waals surface area contributed by atoms with E-state index in [1.807, 2.05) is 74.5 Å². The first-order valence-corrected chi connectivity index (χ1v) is 16.6. The normalized spacial score (nSPS) is 12.2. The van der Waals surface area contributed by atoms with Gasteiger partial charge in [0.05, 0.1) is 5.56 Å². The smallest absolute Gasteiger partial charge is 0.338 e. The number of hydrogen-bond acceptors (Lipinski definition) is 7. The van der Waals surface area contributed by atoms with Crippen molar-refractivity contribution in [3.63, 3.8) is 0 Å². The molecule has 2 amide bonds. The van der Waals surface area contributed by atoms with E-state index in [1.54, 1.807) is 11.0 Å². The molecule has 4 rings (SSSR count). The Labute approximate surface area is 287 Å². The summed E-state index contributed by atoms with van der Waals surface area (Å²) in [5.41, 5.74) is 15.0. The van der Waals surface area contributed by atoms with Crippen LogP contribution in [-0.4, -0.2) is 54.5 Å². The molecule has 5 N–H and O–H groups in total. The van der Waals surface area contributed by atoms with Gasteiger partial charge in [0.25, 0.3) is 5.91 Å². The molecule has 9 nitrogen and oxygen atoms in total. The first-order valence-electron chi connectivity index (χ1n) is 16.6. The molecule has 0 spiro atoms. The Balaban J connectivity index is 1.56. The Morgan fingerprint density at radius 3 is 2.04 bits per heavy atom. The first-order chi connectivity index (χ1) is 23.7. The van der Waals surface area contributed by atoms with Crippen molar-refractivity contribution in [2.45, 2.75) is 58.4 Å². The lowest BCUT2D eigenvalue weighted by atomic mass is 10.0. The Bertz CT molecular complexity index is 1680. The van der Waals surface area contributed by atoms with Crippen LogP contribution in [0.4, 0.5) is 4.39 Å². The number of carbonyl (C=O) groups is 3. The van der Waals surface area contributed by atoms with Crippen molar-refractivity contribution in [1.29, 1.82) is 0 Å². The van der Waals surface area contributed by atoms with Crippen LogP contribution >= 0.6 is 0 Å². The number of benzene rings is 4. The van der Waals surface area contributed by atoms with Gasteiger partial charge >= 0.3 is 5.97 Å². The van der Waals surface area contributed by atoms with Gasteiger partial charge in [0, 0.05) is 49.4 Å². The molecule has 0 aliphatic carbocycles. The lowest BCUT2D eigenvalue weighted by Gasteiger charge is -2.25. The Morgan fingerprint density at radius 1 is 0.796 bits per heavy atom. The number of primary amides is 1. The summed E-state index contributed by atoms with van der Waals surface area (Å²) in [7, 11) is 0. The number of hydrogen-bond donors (Lipinski definition) is 3. The van der Waals surface area contributed by atoms with Gasteiger partial charge in [-0.05, 0) is 66.3 Å². The van der Waals surface area contributed by atoms with Crippen LogP contribution in [-0.2, 0) is 24.3 Å². The third kappa shape index (κ3) is 11.3. The topological polar surface area (TPSA) is 137 Å². The van der Waals surface area contributed by atoms with Crippen LogP contribution < -0.4 is 21.5 Å². The molecule has 0 heterocycles. The van der Waals surface area contributed by atoms with E-state index >= 15 is 0 Å². The van der Waals surface area contributed by atoms with Gasteiger partial charge in [-0.25, -0.2) is 9.18 Å². The summed E-state index contributed by atoms with van der Waals surface area (Å²) >= 11 is 0. The van der Waals surface area contributed by atoms with Crippen LogP contribution in [0.3, 0.4) is 0 Å². The van der Waals surface area contributed by atoms with E-state index in [9.17, 15) is 18.8 Å². The zero-order valence-electron chi connectivity index (χ0n) is 28.1. The molecule has 2 atom stereocenters. The fourth-order valence-electron chi connectivity index (χ4n) is 5.46. The van der Waals surface area contributed by atoms with Gasteiger partial charge in [-0.1, -0.05) is 74.5 Å². The molecule has 0 aliphatic heterocycles. The van der Waals surface area contributed by atoms with E-state index in [0.717, 1.165) is 24.0 Å². The Morgan fingerprint density at radius 2 is 1.41 bits per heavy atom. The van der Waals surface area contributed by atoms with Crippen molar-refractivity contribution in [1.82, 2.24) is 10.2 Å². The molecule has 0 radical (unpaired) electrons. The number of ether oxygens (including phenoxy) is 2. The van der Waals surface area contributed by atoms with Gasteiger partial charge in [0.15, 0.2) is 0 Å². The minimum atomic E-state index is -0.874. The number of halogens is 1. The second-order valence-electron chi connectivity index (χ2n) is 12.0. The fraction of sp³-hybridized carbons (Fsp3) is 0.308. The average molecular weight is 669 g/mol. The third-order valence-electron chi connectivity index (χ3n) is 7.88. The molecule has 4 aromatic rings. The minimum Gasteiger partial charge on any atom is -0.489 e. The molecule has 10 heteroatoms. The zero-order valence-corrected chi connectivity index (χ0v) is 28.1. The second kappa shape index (κ2) is 18.5. The maximum atomic E-state index is 14.7. The van der Waals surface area contributed by atoms with E-state index < -0.39 is 29.8 Å². The zero-order chi connectivity index (χ0) is 35.2. The molecule has 0 bridgehead atoms. The first kappa shape index (κ1) is 36.8. The van der Waals surface area contributed by atoms with Crippen molar-refractivity contribution in [3.8, 4) is 5.75 Å². The summed E-state index contributed by atoms with van der Waals surface area (Å²) < 4.78 is 26.5. The molecule has 0 aromatic heterocycles. The van der Waals surface area contributed by atoms with Crippen LogP contribution in [0.25, 0.3) is 0 Å². The largest absolute Gasteiger partial charge is 0.489 e. The van der Waals surface area contributed by atoms with E-state index in [2.05, 4.69) is 5.32 Å². The average Bonchev–Trinajstić information content (AvgIpc) is 3.10. The summed E-state index contributed by atoms with van der Waals surface area (Å²) in [4.78, 5) is 41.0. The highest BCUT2D eigenvalue weighted by Gasteiger charge is 2.26. The molecule has 0 aliphatic rings. The SMILES string of the molecule is CCCN(CCC)C(=O)c1cc(C(N)=O)cc(C(=O)OC(CNCc2ccccc2)C(N)Cc2cc(F)cc(OCc3ccccc3)c2)c1. The van der Waals surface area contributed by atoms with Crippen LogP contribution in [0.15, 0.2) is 97.1 Å². The van der Waals surface area contributed by atoms with Crippen LogP contribution in [0, 0.1) is 5.82 Å².